The number of anilines is 1. The van der Waals surface area contributed by atoms with E-state index in [0.717, 1.165) is 9.87 Å². The average molecular weight is 734 g/mol. The Morgan fingerprint density at radius 3 is 2.20 bits per heavy atom. The Morgan fingerprint density at radius 1 is 0.933 bits per heavy atom. The van der Waals surface area contributed by atoms with Crippen molar-refractivity contribution in [2.75, 3.05) is 24.5 Å². The number of nitrogens with zero attached hydrogens (tertiary/aromatic N) is 2. The topological polar surface area (TPSA) is 96.0 Å². The van der Waals surface area contributed by atoms with Crippen molar-refractivity contribution in [3.8, 4) is 5.75 Å². The number of ether oxygens (including phenoxy) is 1. The van der Waals surface area contributed by atoms with E-state index >= 15 is 0 Å². The number of amides is 2. The van der Waals surface area contributed by atoms with Crippen LogP contribution in [0.15, 0.2) is 106 Å². The number of hydrogen-bond donors (Lipinski definition) is 1. The summed E-state index contributed by atoms with van der Waals surface area (Å²) in [6.45, 7) is 1.61. The van der Waals surface area contributed by atoms with Gasteiger partial charge in [0, 0.05) is 34.5 Å². The molecule has 236 valence electrons. The smallest absolute Gasteiger partial charge is 0.264 e. The maximum Gasteiger partial charge on any atom is 0.264 e. The summed E-state index contributed by atoms with van der Waals surface area (Å²) in [6, 6.07) is 25.7. The van der Waals surface area contributed by atoms with Crippen LogP contribution in [0.5, 0.6) is 5.75 Å². The lowest BCUT2D eigenvalue weighted by atomic mass is 10.0. The van der Waals surface area contributed by atoms with Gasteiger partial charge in [0.05, 0.1) is 17.2 Å². The van der Waals surface area contributed by atoms with E-state index < -0.39 is 34.4 Å². The zero-order valence-electron chi connectivity index (χ0n) is 24.6. The van der Waals surface area contributed by atoms with E-state index in [-0.39, 0.29) is 23.5 Å². The maximum absolute atomic E-state index is 14.4. The van der Waals surface area contributed by atoms with Crippen molar-refractivity contribution in [2.24, 2.45) is 0 Å². The average Bonchev–Trinajstić information content (AvgIpc) is 3.03. The number of likely N-dealkylation sites (N-methyl/N-ethyl adjacent to an activating group) is 1. The van der Waals surface area contributed by atoms with Gasteiger partial charge in [-0.05, 0) is 78.7 Å². The molecule has 0 spiro atoms. The molecule has 0 fully saturated rings. The molecule has 1 atom stereocenters. The summed E-state index contributed by atoms with van der Waals surface area (Å²) in [5.74, 6) is -0.476. The summed E-state index contributed by atoms with van der Waals surface area (Å²) in [4.78, 5) is 29.1. The van der Waals surface area contributed by atoms with Crippen LogP contribution in [0.4, 0.5) is 5.69 Å². The molecule has 4 rings (SSSR count). The Labute approximate surface area is 282 Å². The minimum Gasteiger partial charge on any atom is -0.494 e. The molecule has 8 nitrogen and oxygen atoms in total. The zero-order valence-corrected chi connectivity index (χ0v) is 28.5. The first-order valence-corrected chi connectivity index (χ1v) is 17.0. The Hall–Kier alpha value is -3.57. The van der Waals surface area contributed by atoms with Gasteiger partial charge >= 0.3 is 0 Å². The molecule has 0 aromatic heterocycles. The molecule has 0 heterocycles. The number of rotatable bonds is 13. The van der Waals surface area contributed by atoms with Gasteiger partial charge in [0.1, 0.15) is 18.3 Å². The van der Waals surface area contributed by atoms with E-state index in [2.05, 4.69) is 21.2 Å². The van der Waals surface area contributed by atoms with Crippen LogP contribution >= 0.6 is 39.1 Å². The number of benzene rings is 4. The second kappa shape index (κ2) is 15.6. The molecule has 0 aliphatic rings. The van der Waals surface area contributed by atoms with Gasteiger partial charge in [-0.15, -0.1) is 0 Å². The van der Waals surface area contributed by atoms with Gasteiger partial charge in [-0.1, -0.05) is 75.5 Å². The molecule has 0 bridgehead atoms. The summed E-state index contributed by atoms with van der Waals surface area (Å²) < 4.78 is 35.5. The first-order valence-electron chi connectivity index (χ1n) is 14.0. The SMILES string of the molecule is CCOc1ccc(N(CC(=O)N(Cc2ccc(Cl)cc2Cl)[C@H](Cc2ccccc2)C(=O)NC)S(=O)(=O)c2ccc(Br)cc2)cc1. The molecule has 0 aliphatic heterocycles. The quantitative estimate of drug-likeness (QED) is 0.164. The Kier molecular flexibility index (Phi) is 11.9. The third kappa shape index (κ3) is 8.79. The molecule has 2 amide bonds. The molecule has 0 radical (unpaired) electrons. The second-order valence-corrected chi connectivity index (χ2v) is 13.6. The van der Waals surface area contributed by atoms with Crippen LogP contribution in [-0.4, -0.2) is 51.4 Å². The Morgan fingerprint density at radius 2 is 1.60 bits per heavy atom. The maximum atomic E-state index is 14.4. The predicted molar refractivity (Wildman–Crippen MR) is 181 cm³/mol. The van der Waals surface area contributed by atoms with Crippen molar-refractivity contribution in [3.63, 3.8) is 0 Å². The first kappa shape index (κ1) is 34.3. The van der Waals surface area contributed by atoms with Crippen molar-refractivity contribution in [1.82, 2.24) is 10.2 Å². The van der Waals surface area contributed by atoms with E-state index in [1.54, 1.807) is 54.6 Å². The van der Waals surface area contributed by atoms with Crippen molar-refractivity contribution in [3.05, 3.63) is 123 Å². The molecule has 1 N–H and O–H groups in total. The van der Waals surface area contributed by atoms with Crippen LogP contribution < -0.4 is 14.4 Å². The predicted octanol–water partition coefficient (Wildman–Crippen LogP) is 6.74. The molecule has 12 heteroatoms. The fraction of sp³-hybridized carbons (Fsp3) is 0.212. The summed E-state index contributed by atoms with van der Waals surface area (Å²) in [5.41, 5.74) is 1.61. The van der Waals surface area contributed by atoms with Crippen molar-refractivity contribution in [1.29, 1.82) is 0 Å². The largest absolute Gasteiger partial charge is 0.494 e. The van der Waals surface area contributed by atoms with Crippen LogP contribution in [0.3, 0.4) is 0 Å². The Bertz CT molecular complexity index is 1720. The molecule has 0 unspecified atom stereocenters. The van der Waals surface area contributed by atoms with Crippen LogP contribution in [0.2, 0.25) is 10.0 Å². The van der Waals surface area contributed by atoms with Gasteiger partial charge in [-0.3, -0.25) is 13.9 Å². The lowest BCUT2D eigenvalue weighted by molar-refractivity contribution is -0.139. The van der Waals surface area contributed by atoms with Gasteiger partial charge < -0.3 is 15.0 Å². The zero-order chi connectivity index (χ0) is 32.6. The van der Waals surface area contributed by atoms with Gasteiger partial charge in [0.25, 0.3) is 10.0 Å². The minimum atomic E-state index is -4.24. The molecule has 4 aromatic carbocycles. The second-order valence-electron chi connectivity index (χ2n) is 9.97. The number of sulfonamides is 1. The van der Waals surface area contributed by atoms with Crippen LogP contribution in [0, 0.1) is 0 Å². The van der Waals surface area contributed by atoms with Crippen LogP contribution in [0.1, 0.15) is 18.1 Å². The molecule has 45 heavy (non-hydrogen) atoms. The van der Waals surface area contributed by atoms with Gasteiger partial charge in [-0.2, -0.15) is 0 Å². The summed E-state index contributed by atoms with van der Waals surface area (Å²) in [7, 11) is -2.75. The van der Waals surface area contributed by atoms with Gasteiger partial charge in [0.15, 0.2) is 0 Å². The molecule has 0 saturated heterocycles. The normalized spacial score (nSPS) is 11.8. The molecule has 0 saturated carbocycles. The summed E-state index contributed by atoms with van der Waals surface area (Å²) >= 11 is 16.0. The first-order chi connectivity index (χ1) is 21.5. The van der Waals surface area contributed by atoms with Crippen LogP contribution in [0.25, 0.3) is 0 Å². The minimum absolute atomic E-state index is 0.00758. The molecular weight excluding hydrogens is 701 g/mol. The number of halogens is 3. The van der Waals surface area contributed by atoms with E-state index in [1.165, 1.54) is 24.1 Å². The van der Waals surface area contributed by atoms with E-state index in [4.69, 9.17) is 27.9 Å². The third-order valence-electron chi connectivity index (χ3n) is 6.99. The van der Waals surface area contributed by atoms with Crippen molar-refractivity contribution in [2.45, 2.75) is 30.8 Å². The van der Waals surface area contributed by atoms with Crippen molar-refractivity contribution >= 4 is 66.7 Å². The lowest BCUT2D eigenvalue weighted by Gasteiger charge is -2.33. The molecule has 0 aliphatic carbocycles. The van der Waals surface area contributed by atoms with Gasteiger partial charge in [-0.25, -0.2) is 8.42 Å². The monoisotopic (exact) mass is 731 g/mol. The Balaban J connectivity index is 1.80. The van der Waals surface area contributed by atoms with E-state index in [0.29, 0.717) is 32.4 Å². The number of nitrogens with one attached hydrogen (secondary N) is 1. The number of hydrogen-bond acceptors (Lipinski definition) is 5. The highest BCUT2D eigenvalue weighted by Crippen LogP contribution is 2.29. The fourth-order valence-electron chi connectivity index (χ4n) is 4.69. The highest BCUT2D eigenvalue weighted by atomic mass is 79.9. The van der Waals surface area contributed by atoms with E-state index in [9.17, 15) is 18.0 Å². The highest BCUT2D eigenvalue weighted by Gasteiger charge is 2.34. The summed E-state index contributed by atoms with van der Waals surface area (Å²) in [6.07, 6.45) is 0.181. The third-order valence-corrected chi connectivity index (χ3v) is 9.89. The number of carbonyl (C=O) groups is 2. The fourth-order valence-corrected chi connectivity index (χ4v) is 6.84. The lowest BCUT2D eigenvalue weighted by Crippen LogP contribution is -2.53. The standard InChI is InChI=1S/C33H32BrCl2N3O5S/c1-3-44-28-15-13-27(14-16-28)39(45(42,43)29-17-10-25(34)11-18-29)22-32(40)38(21-24-9-12-26(35)20-30(24)36)31(33(41)37-2)19-23-7-5-4-6-8-23/h4-18,20,31H,3,19,21-22H2,1-2H3,(H,37,41)/t31-/m1/s1. The van der Waals surface area contributed by atoms with E-state index in [1.807, 2.05) is 37.3 Å². The number of carbonyl (C=O) groups excluding carboxylic acids is 2. The van der Waals surface area contributed by atoms with Gasteiger partial charge in [0.2, 0.25) is 11.8 Å². The van der Waals surface area contributed by atoms with Crippen LogP contribution in [-0.2, 0) is 32.6 Å². The summed E-state index contributed by atoms with van der Waals surface area (Å²) in [5, 5.41) is 3.38. The molecular formula is C33H32BrCl2N3O5S. The molecule has 4 aromatic rings. The van der Waals surface area contributed by atoms with Crippen molar-refractivity contribution < 1.29 is 22.7 Å². The highest BCUT2D eigenvalue weighted by molar-refractivity contribution is 9.10.